The summed E-state index contributed by atoms with van der Waals surface area (Å²) in [5.41, 5.74) is 6.21. The lowest BCUT2D eigenvalue weighted by molar-refractivity contribution is 0.152. The second kappa shape index (κ2) is 4.01. The second-order valence-corrected chi connectivity index (χ2v) is 3.96. The van der Waals surface area contributed by atoms with Crippen LogP contribution in [0.5, 0.6) is 0 Å². The summed E-state index contributed by atoms with van der Waals surface area (Å²) in [6.07, 6.45) is -0.809. The molecule has 4 nitrogen and oxygen atoms in total. The first-order valence-corrected chi connectivity index (χ1v) is 5.06. The van der Waals surface area contributed by atoms with Crippen molar-refractivity contribution in [1.29, 1.82) is 0 Å². The van der Waals surface area contributed by atoms with Crippen molar-refractivity contribution in [3.8, 4) is 0 Å². The van der Waals surface area contributed by atoms with Crippen LogP contribution in [0.15, 0.2) is 16.5 Å². The van der Waals surface area contributed by atoms with Crippen molar-refractivity contribution < 1.29 is 13.9 Å². The predicted molar refractivity (Wildman–Crippen MR) is 57.6 cm³/mol. The van der Waals surface area contributed by atoms with Gasteiger partial charge in [-0.2, -0.15) is 0 Å². The molecule has 2 aromatic rings. The van der Waals surface area contributed by atoms with Gasteiger partial charge in [0, 0.05) is 6.07 Å². The van der Waals surface area contributed by atoms with Crippen molar-refractivity contribution in [3.05, 3.63) is 28.9 Å². The Balaban J connectivity index is 2.56. The van der Waals surface area contributed by atoms with Gasteiger partial charge in [-0.05, 0) is 13.0 Å². The van der Waals surface area contributed by atoms with E-state index in [4.69, 9.17) is 21.8 Å². The van der Waals surface area contributed by atoms with Crippen LogP contribution in [0.4, 0.5) is 4.39 Å². The van der Waals surface area contributed by atoms with Gasteiger partial charge in [-0.25, -0.2) is 9.37 Å². The fourth-order valence-electron chi connectivity index (χ4n) is 1.33. The number of hydrogen-bond donors (Lipinski definition) is 2. The maximum Gasteiger partial charge on any atom is 0.215 e. The number of aromatic nitrogens is 1. The van der Waals surface area contributed by atoms with Gasteiger partial charge in [0.15, 0.2) is 5.58 Å². The third-order valence-electron chi connectivity index (χ3n) is 2.23. The smallest absolute Gasteiger partial charge is 0.215 e. The van der Waals surface area contributed by atoms with Crippen LogP contribution in [0.25, 0.3) is 11.1 Å². The molecule has 1 heterocycles. The predicted octanol–water partition coefficient (Wildman–Crippen LogP) is 2.00. The molecular weight excluding hydrogens is 235 g/mol. The summed E-state index contributed by atoms with van der Waals surface area (Å²) >= 11 is 5.78. The molecule has 0 fully saturated rings. The van der Waals surface area contributed by atoms with Gasteiger partial charge in [0.25, 0.3) is 0 Å². The third-order valence-corrected chi connectivity index (χ3v) is 2.51. The highest BCUT2D eigenvalue weighted by atomic mass is 35.5. The minimum absolute atomic E-state index is 0.131. The first kappa shape index (κ1) is 11.3. The largest absolute Gasteiger partial charge is 0.437 e. The highest BCUT2D eigenvalue weighted by Gasteiger charge is 2.20. The van der Waals surface area contributed by atoms with Gasteiger partial charge in [-0.15, -0.1) is 0 Å². The zero-order valence-corrected chi connectivity index (χ0v) is 9.20. The molecule has 16 heavy (non-hydrogen) atoms. The molecule has 0 spiro atoms. The molecule has 0 saturated heterocycles. The van der Waals surface area contributed by atoms with E-state index in [1.165, 1.54) is 13.0 Å². The van der Waals surface area contributed by atoms with E-state index in [1.807, 2.05) is 0 Å². The number of aliphatic hydroxyl groups is 1. The van der Waals surface area contributed by atoms with Gasteiger partial charge in [0.2, 0.25) is 5.89 Å². The molecule has 2 atom stereocenters. The summed E-state index contributed by atoms with van der Waals surface area (Å²) in [4.78, 5) is 3.98. The molecule has 0 aliphatic rings. The fourth-order valence-corrected chi connectivity index (χ4v) is 1.57. The van der Waals surface area contributed by atoms with Crippen LogP contribution in [0.2, 0.25) is 5.02 Å². The number of oxazole rings is 1. The van der Waals surface area contributed by atoms with Gasteiger partial charge in [0.1, 0.15) is 17.4 Å². The Hall–Kier alpha value is -1.17. The quantitative estimate of drug-likeness (QED) is 0.848. The Kier molecular flexibility index (Phi) is 2.84. The maximum atomic E-state index is 13.0. The van der Waals surface area contributed by atoms with Crippen LogP contribution >= 0.6 is 11.6 Å². The minimum atomic E-state index is -0.809. The van der Waals surface area contributed by atoms with E-state index in [-0.39, 0.29) is 22.0 Å². The molecule has 0 aliphatic carbocycles. The van der Waals surface area contributed by atoms with Crippen LogP contribution in [-0.2, 0) is 0 Å². The molecule has 86 valence electrons. The van der Waals surface area contributed by atoms with Crippen LogP contribution in [0.1, 0.15) is 18.9 Å². The summed E-state index contributed by atoms with van der Waals surface area (Å²) < 4.78 is 18.3. The summed E-state index contributed by atoms with van der Waals surface area (Å²) in [5, 5.41) is 9.42. The number of nitrogens with zero attached hydrogens (tertiary/aromatic N) is 1. The molecule has 0 amide bonds. The maximum absolute atomic E-state index is 13.0. The van der Waals surface area contributed by atoms with E-state index < -0.39 is 18.0 Å². The zero-order chi connectivity index (χ0) is 11.9. The fraction of sp³-hybridized carbons (Fsp3) is 0.300. The van der Waals surface area contributed by atoms with Crippen LogP contribution in [0.3, 0.4) is 0 Å². The highest BCUT2D eigenvalue weighted by molar-refractivity contribution is 6.34. The Morgan fingerprint density at radius 1 is 1.56 bits per heavy atom. The number of hydrogen-bond acceptors (Lipinski definition) is 4. The Morgan fingerprint density at radius 3 is 2.88 bits per heavy atom. The van der Waals surface area contributed by atoms with Crippen molar-refractivity contribution in [3.63, 3.8) is 0 Å². The van der Waals surface area contributed by atoms with Crippen molar-refractivity contribution in [2.45, 2.75) is 19.1 Å². The van der Waals surface area contributed by atoms with Gasteiger partial charge in [-0.1, -0.05) is 11.6 Å². The molecule has 1 aromatic heterocycles. The number of aliphatic hydroxyl groups excluding tert-OH is 1. The Bertz CT molecular complexity index is 527. The minimum Gasteiger partial charge on any atom is -0.437 e. The number of nitrogens with two attached hydrogens (primary N) is 1. The van der Waals surface area contributed by atoms with Crippen LogP contribution in [0, 0.1) is 5.82 Å². The monoisotopic (exact) mass is 244 g/mol. The average molecular weight is 245 g/mol. The zero-order valence-electron chi connectivity index (χ0n) is 8.45. The summed E-state index contributed by atoms with van der Waals surface area (Å²) in [5.74, 6) is -0.361. The van der Waals surface area contributed by atoms with Gasteiger partial charge in [-0.3, -0.25) is 0 Å². The molecule has 0 saturated carbocycles. The number of fused-ring (bicyclic) bond motifs is 1. The van der Waals surface area contributed by atoms with E-state index in [2.05, 4.69) is 4.98 Å². The van der Waals surface area contributed by atoms with Crippen molar-refractivity contribution in [1.82, 2.24) is 4.98 Å². The lowest BCUT2D eigenvalue weighted by Crippen LogP contribution is -2.23. The summed E-state index contributed by atoms with van der Waals surface area (Å²) in [6, 6.07) is 1.57. The van der Waals surface area contributed by atoms with Gasteiger partial charge < -0.3 is 15.3 Å². The van der Waals surface area contributed by atoms with Crippen molar-refractivity contribution in [2.75, 3.05) is 0 Å². The molecule has 0 aliphatic heterocycles. The number of halogens is 2. The highest BCUT2D eigenvalue weighted by Crippen LogP contribution is 2.27. The molecule has 2 unspecified atom stereocenters. The summed E-state index contributed by atoms with van der Waals surface area (Å²) in [6.45, 7) is 1.52. The van der Waals surface area contributed by atoms with Crippen molar-refractivity contribution >= 4 is 22.7 Å². The standard InChI is InChI=1S/C10H10ClFN2O2/c1-4(15)8(13)10-14-7-3-5(12)2-6(11)9(7)16-10/h2-4,8,15H,13H2,1H3. The lowest BCUT2D eigenvalue weighted by atomic mass is 10.2. The second-order valence-electron chi connectivity index (χ2n) is 3.55. The molecule has 1 aromatic carbocycles. The van der Waals surface area contributed by atoms with E-state index in [0.717, 1.165) is 6.07 Å². The average Bonchev–Trinajstić information content (AvgIpc) is 2.60. The molecule has 2 rings (SSSR count). The molecular formula is C10H10ClFN2O2. The van der Waals surface area contributed by atoms with E-state index >= 15 is 0 Å². The molecule has 6 heteroatoms. The molecule has 3 N–H and O–H groups in total. The number of rotatable bonds is 2. The first-order valence-electron chi connectivity index (χ1n) is 4.68. The van der Waals surface area contributed by atoms with Gasteiger partial charge in [0.05, 0.1) is 11.1 Å². The number of benzene rings is 1. The van der Waals surface area contributed by atoms with E-state index in [9.17, 15) is 9.50 Å². The van der Waals surface area contributed by atoms with Crippen molar-refractivity contribution in [2.24, 2.45) is 5.73 Å². The molecule has 0 radical (unpaired) electrons. The Labute approximate surface area is 95.8 Å². The van der Waals surface area contributed by atoms with Crippen LogP contribution in [-0.4, -0.2) is 16.2 Å². The van der Waals surface area contributed by atoms with E-state index in [0.29, 0.717) is 0 Å². The van der Waals surface area contributed by atoms with E-state index in [1.54, 1.807) is 0 Å². The third kappa shape index (κ3) is 1.89. The lowest BCUT2D eigenvalue weighted by Gasteiger charge is -2.09. The SMILES string of the molecule is CC(O)C(N)c1nc2cc(F)cc(Cl)c2o1. The Morgan fingerprint density at radius 2 is 2.25 bits per heavy atom. The first-order chi connectivity index (χ1) is 7.49. The topological polar surface area (TPSA) is 72.3 Å². The normalized spacial score (nSPS) is 15.3. The van der Waals surface area contributed by atoms with Gasteiger partial charge >= 0.3 is 0 Å². The summed E-state index contributed by atoms with van der Waals surface area (Å²) in [7, 11) is 0. The van der Waals surface area contributed by atoms with Crippen LogP contribution < -0.4 is 5.73 Å². The molecule has 0 bridgehead atoms.